The summed E-state index contributed by atoms with van der Waals surface area (Å²) in [5.74, 6) is 1.65. The molecule has 2 aromatic carbocycles. The van der Waals surface area contributed by atoms with Crippen molar-refractivity contribution in [2.24, 2.45) is 5.92 Å². The topological polar surface area (TPSA) is 71.1 Å². The molecule has 0 unspecified atom stereocenters. The summed E-state index contributed by atoms with van der Waals surface area (Å²) in [5, 5.41) is 0. The number of Topliss-reactive ketones (excluding diaryl/α,β-unsaturated/α-hetero) is 1. The average Bonchev–Trinajstić information content (AvgIpc) is 3.53. The lowest BCUT2D eigenvalue weighted by Gasteiger charge is -2.18. The van der Waals surface area contributed by atoms with Gasteiger partial charge in [0.2, 0.25) is 5.75 Å². The molecule has 0 aromatic heterocycles. The van der Waals surface area contributed by atoms with Crippen LogP contribution in [0.5, 0.6) is 17.2 Å². The van der Waals surface area contributed by atoms with E-state index in [1.165, 1.54) is 0 Å². The van der Waals surface area contributed by atoms with Gasteiger partial charge in [0.05, 0.1) is 20.1 Å². The smallest absolute Gasteiger partial charge is 0.309 e. The number of fused-ring (bicyclic) bond motifs is 1. The first-order valence-corrected chi connectivity index (χ1v) is 9.83. The molecule has 6 heteroatoms. The molecule has 4 rings (SSSR count). The molecule has 2 aromatic rings. The van der Waals surface area contributed by atoms with E-state index in [0.29, 0.717) is 23.7 Å². The van der Waals surface area contributed by atoms with E-state index < -0.39 is 0 Å². The van der Waals surface area contributed by atoms with E-state index in [0.717, 1.165) is 41.5 Å². The zero-order chi connectivity index (χ0) is 20.4. The molecule has 2 aliphatic rings. The predicted molar refractivity (Wildman–Crippen MR) is 107 cm³/mol. The summed E-state index contributed by atoms with van der Waals surface area (Å²) < 4.78 is 22.2. The fourth-order valence-corrected chi connectivity index (χ4v) is 3.62. The van der Waals surface area contributed by atoms with Gasteiger partial charge >= 0.3 is 5.97 Å². The first kappa shape index (κ1) is 19.3. The summed E-state index contributed by atoms with van der Waals surface area (Å²) in [6.07, 6.45) is 3.13. The van der Waals surface area contributed by atoms with Crippen LogP contribution in [0.1, 0.15) is 35.2 Å². The number of ether oxygens (including phenoxy) is 4. The van der Waals surface area contributed by atoms with Crippen molar-refractivity contribution in [1.29, 1.82) is 0 Å². The first-order chi connectivity index (χ1) is 14.1. The molecule has 1 fully saturated rings. The van der Waals surface area contributed by atoms with E-state index >= 15 is 0 Å². The van der Waals surface area contributed by atoms with E-state index in [9.17, 15) is 9.59 Å². The van der Waals surface area contributed by atoms with Gasteiger partial charge in [-0.25, -0.2) is 0 Å². The SMILES string of the molecule is COc1ccc(-c2ccc3c(c2)CCC3=O)c(OCCOC(=O)C2CC2)c1OC. The number of ketones is 1. The molecule has 0 atom stereocenters. The van der Waals surface area contributed by atoms with Gasteiger partial charge in [-0.05, 0) is 42.5 Å². The van der Waals surface area contributed by atoms with E-state index in [1.807, 2.05) is 30.3 Å². The molecule has 0 spiro atoms. The Kier molecular flexibility index (Phi) is 5.43. The lowest BCUT2D eigenvalue weighted by Crippen LogP contribution is -2.14. The standard InChI is InChI=1S/C23H24O6/c1-26-20-10-8-18(16-5-7-17-15(13-16)6-9-19(17)24)21(22(20)27-2)28-11-12-29-23(25)14-3-4-14/h5,7-8,10,13-14H,3-4,6,9,11-12H2,1-2H3. The van der Waals surface area contributed by atoms with Crippen LogP contribution in [-0.2, 0) is 16.0 Å². The minimum Gasteiger partial charge on any atom is -0.493 e. The van der Waals surface area contributed by atoms with Crippen LogP contribution in [0.3, 0.4) is 0 Å². The molecule has 29 heavy (non-hydrogen) atoms. The maximum Gasteiger partial charge on any atom is 0.309 e. The van der Waals surface area contributed by atoms with Gasteiger partial charge in [0.25, 0.3) is 0 Å². The van der Waals surface area contributed by atoms with Gasteiger partial charge in [0, 0.05) is 17.5 Å². The number of rotatable bonds is 8. The quantitative estimate of drug-likeness (QED) is 0.499. The summed E-state index contributed by atoms with van der Waals surface area (Å²) >= 11 is 0. The molecule has 152 valence electrons. The Morgan fingerprint density at radius 3 is 2.48 bits per heavy atom. The number of methoxy groups -OCH3 is 2. The number of hydrogen-bond donors (Lipinski definition) is 0. The van der Waals surface area contributed by atoms with Crippen LogP contribution in [0.15, 0.2) is 30.3 Å². The van der Waals surface area contributed by atoms with Crippen molar-refractivity contribution < 1.29 is 28.5 Å². The second kappa shape index (κ2) is 8.15. The third-order valence-corrected chi connectivity index (χ3v) is 5.32. The Balaban J connectivity index is 1.60. The normalized spacial score (nSPS) is 15.0. The van der Waals surface area contributed by atoms with Crippen molar-refractivity contribution in [3.05, 3.63) is 41.5 Å². The molecule has 0 heterocycles. The fraction of sp³-hybridized carbons (Fsp3) is 0.391. The molecule has 6 nitrogen and oxygen atoms in total. The minimum absolute atomic E-state index is 0.0611. The maximum atomic E-state index is 11.9. The Bertz CT molecular complexity index is 945. The Labute approximate surface area is 169 Å². The lowest BCUT2D eigenvalue weighted by atomic mass is 9.99. The number of hydrogen-bond acceptors (Lipinski definition) is 6. The Hall–Kier alpha value is -3.02. The fourth-order valence-electron chi connectivity index (χ4n) is 3.62. The van der Waals surface area contributed by atoms with Gasteiger partial charge in [-0.2, -0.15) is 0 Å². The summed E-state index contributed by atoms with van der Waals surface area (Å²) in [4.78, 5) is 23.7. The van der Waals surface area contributed by atoms with Crippen LogP contribution in [0.25, 0.3) is 11.1 Å². The van der Waals surface area contributed by atoms with Crippen LogP contribution in [0.2, 0.25) is 0 Å². The van der Waals surface area contributed by atoms with Crippen LogP contribution in [-0.4, -0.2) is 39.2 Å². The van der Waals surface area contributed by atoms with Crippen molar-refractivity contribution >= 4 is 11.8 Å². The summed E-state index contributed by atoms with van der Waals surface area (Å²) in [6, 6.07) is 9.56. The van der Waals surface area contributed by atoms with Crippen LogP contribution in [0, 0.1) is 5.92 Å². The largest absolute Gasteiger partial charge is 0.493 e. The van der Waals surface area contributed by atoms with Gasteiger partial charge in [-0.3, -0.25) is 9.59 Å². The lowest BCUT2D eigenvalue weighted by molar-refractivity contribution is -0.145. The van der Waals surface area contributed by atoms with E-state index in [4.69, 9.17) is 18.9 Å². The molecule has 0 aliphatic heterocycles. The number of esters is 1. The third kappa shape index (κ3) is 3.92. The second-order valence-corrected chi connectivity index (χ2v) is 7.26. The molecule has 0 saturated heterocycles. The number of benzene rings is 2. The molecule has 1 saturated carbocycles. The van der Waals surface area contributed by atoms with E-state index in [1.54, 1.807) is 14.2 Å². The summed E-state index contributed by atoms with van der Waals surface area (Å²) in [6.45, 7) is 0.381. The molecule has 0 bridgehead atoms. The van der Waals surface area contributed by atoms with Crippen molar-refractivity contribution in [1.82, 2.24) is 0 Å². The van der Waals surface area contributed by atoms with Crippen molar-refractivity contribution in [3.63, 3.8) is 0 Å². The monoisotopic (exact) mass is 396 g/mol. The highest BCUT2D eigenvalue weighted by atomic mass is 16.6. The van der Waals surface area contributed by atoms with Gasteiger partial charge in [0.1, 0.15) is 13.2 Å². The zero-order valence-corrected chi connectivity index (χ0v) is 16.7. The van der Waals surface area contributed by atoms with Gasteiger partial charge < -0.3 is 18.9 Å². The average molecular weight is 396 g/mol. The highest BCUT2D eigenvalue weighted by Crippen LogP contribution is 2.45. The van der Waals surface area contributed by atoms with Crippen LogP contribution in [0.4, 0.5) is 0 Å². The molecular weight excluding hydrogens is 372 g/mol. The van der Waals surface area contributed by atoms with Crippen molar-refractivity contribution in [2.75, 3.05) is 27.4 Å². The predicted octanol–water partition coefficient (Wildman–Crippen LogP) is 3.83. The Morgan fingerprint density at radius 2 is 1.76 bits per heavy atom. The van der Waals surface area contributed by atoms with Crippen LogP contribution < -0.4 is 14.2 Å². The molecule has 0 N–H and O–H groups in total. The molecule has 0 radical (unpaired) electrons. The summed E-state index contributed by atoms with van der Waals surface area (Å²) in [5.41, 5.74) is 3.61. The van der Waals surface area contributed by atoms with E-state index in [-0.39, 0.29) is 30.9 Å². The summed E-state index contributed by atoms with van der Waals surface area (Å²) in [7, 11) is 3.13. The number of carbonyl (C=O) groups is 2. The number of aryl methyl sites for hydroxylation is 1. The molecular formula is C23H24O6. The number of carbonyl (C=O) groups excluding carboxylic acids is 2. The van der Waals surface area contributed by atoms with Crippen molar-refractivity contribution in [2.45, 2.75) is 25.7 Å². The van der Waals surface area contributed by atoms with Gasteiger partial charge in [0.15, 0.2) is 17.3 Å². The van der Waals surface area contributed by atoms with Crippen molar-refractivity contribution in [3.8, 4) is 28.4 Å². The molecule has 0 amide bonds. The van der Waals surface area contributed by atoms with E-state index in [2.05, 4.69) is 0 Å². The second-order valence-electron chi connectivity index (χ2n) is 7.26. The molecule has 2 aliphatic carbocycles. The first-order valence-electron chi connectivity index (χ1n) is 9.83. The zero-order valence-electron chi connectivity index (χ0n) is 16.7. The highest BCUT2D eigenvalue weighted by Gasteiger charge is 2.31. The van der Waals surface area contributed by atoms with Gasteiger partial charge in [-0.15, -0.1) is 0 Å². The highest BCUT2D eigenvalue weighted by molar-refractivity contribution is 6.01. The van der Waals surface area contributed by atoms with Crippen LogP contribution >= 0.6 is 0 Å². The Morgan fingerprint density at radius 1 is 0.966 bits per heavy atom. The minimum atomic E-state index is -0.158. The third-order valence-electron chi connectivity index (χ3n) is 5.32. The maximum absolute atomic E-state index is 11.9. The van der Waals surface area contributed by atoms with Gasteiger partial charge in [-0.1, -0.05) is 18.2 Å².